The van der Waals surface area contributed by atoms with Gasteiger partial charge in [-0.15, -0.1) is 0 Å². The number of benzene rings is 1. The van der Waals surface area contributed by atoms with Gasteiger partial charge >= 0.3 is 6.03 Å². The largest absolute Gasteiger partial charge is 0.493 e. The molecule has 3 amide bonds. The van der Waals surface area contributed by atoms with E-state index in [4.69, 9.17) is 4.74 Å². The van der Waals surface area contributed by atoms with Crippen molar-refractivity contribution in [1.29, 1.82) is 0 Å². The Morgan fingerprint density at radius 2 is 2.03 bits per heavy atom. The van der Waals surface area contributed by atoms with Crippen LogP contribution in [0.1, 0.15) is 36.5 Å². The maximum absolute atomic E-state index is 13.7. The summed E-state index contributed by atoms with van der Waals surface area (Å²) in [6.07, 6.45) is 7.25. The molecule has 36 heavy (non-hydrogen) atoms. The Balaban J connectivity index is 1.32. The van der Waals surface area contributed by atoms with Crippen molar-refractivity contribution in [3.05, 3.63) is 57.6 Å². The normalized spacial score (nSPS) is 24.4. The van der Waals surface area contributed by atoms with Crippen molar-refractivity contribution in [3.8, 4) is 5.75 Å². The van der Waals surface area contributed by atoms with Crippen LogP contribution in [0.5, 0.6) is 5.75 Å². The van der Waals surface area contributed by atoms with Gasteiger partial charge in [0.1, 0.15) is 15.4 Å². The van der Waals surface area contributed by atoms with E-state index in [-0.39, 0.29) is 17.3 Å². The molecular formula is C24H27N5O5S2. The smallest absolute Gasteiger partial charge is 0.328 e. The van der Waals surface area contributed by atoms with Crippen LogP contribution < -0.4 is 9.46 Å². The number of aryl methyl sites for hydroxylation is 1. The van der Waals surface area contributed by atoms with Crippen LogP contribution in [0.2, 0.25) is 0 Å². The highest BCUT2D eigenvalue weighted by atomic mass is 32.3. The number of imide groups is 1. The Bertz CT molecular complexity index is 1400. The van der Waals surface area contributed by atoms with Gasteiger partial charge in [-0.05, 0) is 43.0 Å². The van der Waals surface area contributed by atoms with Crippen LogP contribution in [0.4, 0.5) is 4.79 Å². The number of thioether (sulfide) groups is 1. The standard InChI is InChI=1S/C24H27N5O5S2/c1-24(6-7-24)26-36(32,33)20-10-18-21(30)28(14-16-11-25-27(2)12-16)23(31)29(22(18)35-20)13-15-3-4-19-17(9-15)5-8-34-19/h3-4,9-12,18,22,26H,5-8,13-14H2,1-2H3. The predicted octanol–water partition coefficient (Wildman–Crippen LogP) is 2.32. The van der Waals surface area contributed by atoms with E-state index in [0.29, 0.717) is 6.61 Å². The summed E-state index contributed by atoms with van der Waals surface area (Å²) in [5.74, 6) is -0.316. The fourth-order valence-electron chi connectivity index (χ4n) is 4.84. The van der Waals surface area contributed by atoms with E-state index < -0.39 is 38.8 Å². The number of aromatic nitrogens is 2. The molecule has 4 heterocycles. The summed E-state index contributed by atoms with van der Waals surface area (Å²) in [5.41, 5.74) is 2.27. The highest BCUT2D eigenvalue weighted by Gasteiger charge is 2.52. The molecule has 0 bridgehead atoms. The molecule has 10 nitrogen and oxygen atoms in total. The van der Waals surface area contributed by atoms with Gasteiger partial charge in [0.25, 0.3) is 0 Å². The first-order valence-corrected chi connectivity index (χ1v) is 14.2. The summed E-state index contributed by atoms with van der Waals surface area (Å²) in [6.45, 7) is 2.82. The second-order valence-corrected chi connectivity index (χ2v) is 13.2. The Kier molecular flexibility index (Phi) is 5.47. The molecule has 2 aromatic rings. The van der Waals surface area contributed by atoms with Gasteiger partial charge in [0.15, 0.2) is 0 Å². The van der Waals surface area contributed by atoms with Gasteiger partial charge in [-0.25, -0.2) is 17.9 Å². The number of nitrogens with one attached hydrogen (secondary N) is 1. The van der Waals surface area contributed by atoms with Crippen LogP contribution in [0, 0.1) is 5.92 Å². The summed E-state index contributed by atoms with van der Waals surface area (Å²) < 4.78 is 36.3. The third-order valence-corrected chi connectivity index (χ3v) is 10.6. The first kappa shape index (κ1) is 23.6. The summed E-state index contributed by atoms with van der Waals surface area (Å²) in [7, 11) is -2.03. The van der Waals surface area contributed by atoms with Gasteiger partial charge in [-0.3, -0.25) is 14.4 Å². The second kappa shape index (κ2) is 8.35. The van der Waals surface area contributed by atoms with Gasteiger partial charge in [0.05, 0.1) is 25.3 Å². The van der Waals surface area contributed by atoms with Crippen LogP contribution in [0.15, 0.2) is 40.9 Å². The van der Waals surface area contributed by atoms with Crippen molar-refractivity contribution in [3.63, 3.8) is 0 Å². The molecule has 0 radical (unpaired) electrons. The highest BCUT2D eigenvalue weighted by molar-refractivity contribution is 8.18. The molecule has 2 unspecified atom stereocenters. The maximum Gasteiger partial charge on any atom is 0.328 e. The van der Waals surface area contributed by atoms with Crippen molar-refractivity contribution in [2.45, 2.75) is 50.2 Å². The van der Waals surface area contributed by atoms with Crippen LogP contribution in [-0.2, 0) is 41.4 Å². The molecule has 2 fully saturated rings. The molecule has 12 heteroatoms. The van der Waals surface area contributed by atoms with E-state index in [1.165, 1.54) is 11.0 Å². The van der Waals surface area contributed by atoms with E-state index in [0.717, 1.165) is 53.5 Å². The average Bonchev–Trinajstić information content (AvgIpc) is 3.25. The molecular weight excluding hydrogens is 502 g/mol. The number of sulfonamides is 1. The van der Waals surface area contributed by atoms with Gasteiger partial charge in [-0.2, -0.15) is 5.10 Å². The molecule has 6 rings (SSSR count). The molecule has 4 aliphatic rings. The number of carbonyl (C=O) groups excluding carboxylic acids is 2. The van der Waals surface area contributed by atoms with Gasteiger partial charge in [0.2, 0.25) is 15.9 Å². The zero-order chi connectivity index (χ0) is 25.2. The summed E-state index contributed by atoms with van der Waals surface area (Å²) in [6, 6.07) is 5.39. The predicted molar refractivity (Wildman–Crippen MR) is 133 cm³/mol. The van der Waals surface area contributed by atoms with Crippen molar-refractivity contribution in [2.24, 2.45) is 13.0 Å². The van der Waals surface area contributed by atoms with E-state index >= 15 is 0 Å². The number of fused-ring (bicyclic) bond motifs is 2. The van der Waals surface area contributed by atoms with Crippen LogP contribution in [0.25, 0.3) is 0 Å². The average molecular weight is 530 g/mol. The first-order chi connectivity index (χ1) is 17.1. The highest BCUT2D eigenvalue weighted by Crippen LogP contribution is 2.47. The van der Waals surface area contributed by atoms with Crippen molar-refractivity contribution < 1.29 is 22.7 Å². The Hall–Kier alpha value is -2.83. The minimum absolute atomic E-state index is 0.0696. The van der Waals surface area contributed by atoms with E-state index in [1.807, 2.05) is 25.1 Å². The lowest BCUT2D eigenvalue weighted by Gasteiger charge is -2.41. The summed E-state index contributed by atoms with van der Waals surface area (Å²) in [4.78, 5) is 30.0. The molecule has 190 valence electrons. The maximum atomic E-state index is 13.7. The quantitative estimate of drug-likeness (QED) is 0.586. The number of carbonyl (C=O) groups is 2. The lowest BCUT2D eigenvalue weighted by atomic mass is 10.0. The SMILES string of the molecule is Cn1cc(CN2C(=O)C3C=C(S(=O)(=O)NC4(C)CC4)SC3N(Cc3ccc4c(c3)CCO4)C2=O)cn1. The van der Waals surface area contributed by atoms with Crippen molar-refractivity contribution in [2.75, 3.05) is 6.61 Å². The minimum atomic E-state index is -3.80. The molecule has 1 aromatic heterocycles. The topological polar surface area (TPSA) is 114 Å². The molecule has 1 aliphatic carbocycles. The fraction of sp³-hybridized carbons (Fsp3) is 0.458. The minimum Gasteiger partial charge on any atom is -0.493 e. The lowest BCUT2D eigenvalue weighted by molar-refractivity contribution is -0.135. The Labute approximate surface area is 213 Å². The summed E-state index contributed by atoms with van der Waals surface area (Å²) >= 11 is 1.07. The molecule has 1 N–H and O–H groups in total. The van der Waals surface area contributed by atoms with Crippen LogP contribution in [0.3, 0.4) is 0 Å². The number of urea groups is 1. The van der Waals surface area contributed by atoms with Crippen LogP contribution in [-0.4, -0.2) is 57.5 Å². The third-order valence-electron chi connectivity index (χ3n) is 7.05. The lowest BCUT2D eigenvalue weighted by Crippen LogP contribution is -2.58. The molecule has 1 saturated heterocycles. The number of rotatable bonds is 7. The number of hydrogen-bond donors (Lipinski definition) is 1. The van der Waals surface area contributed by atoms with Crippen LogP contribution >= 0.6 is 11.8 Å². The van der Waals surface area contributed by atoms with Gasteiger partial charge in [-0.1, -0.05) is 23.9 Å². The second-order valence-electron chi connectivity index (χ2n) is 10.1. The molecule has 0 spiro atoms. The van der Waals surface area contributed by atoms with E-state index in [2.05, 4.69) is 9.82 Å². The first-order valence-electron chi connectivity index (χ1n) is 11.9. The summed E-state index contributed by atoms with van der Waals surface area (Å²) in [5, 5.41) is 3.50. The number of amides is 3. The number of hydrogen-bond acceptors (Lipinski definition) is 7. The zero-order valence-corrected chi connectivity index (χ0v) is 21.6. The Morgan fingerprint density at radius 3 is 2.75 bits per heavy atom. The monoisotopic (exact) mass is 529 g/mol. The number of ether oxygens (including phenoxy) is 1. The van der Waals surface area contributed by atoms with Crippen molar-refractivity contribution >= 4 is 33.7 Å². The van der Waals surface area contributed by atoms with Crippen molar-refractivity contribution in [1.82, 2.24) is 24.3 Å². The molecule has 3 aliphatic heterocycles. The van der Waals surface area contributed by atoms with E-state index in [9.17, 15) is 18.0 Å². The molecule has 2 atom stereocenters. The number of nitrogens with zero attached hydrogens (tertiary/aromatic N) is 4. The van der Waals surface area contributed by atoms with Gasteiger partial charge < -0.3 is 9.64 Å². The fourth-order valence-corrected chi connectivity index (χ4v) is 8.14. The zero-order valence-electron chi connectivity index (χ0n) is 20.0. The Morgan fingerprint density at radius 1 is 1.22 bits per heavy atom. The molecule has 1 aromatic carbocycles. The van der Waals surface area contributed by atoms with Gasteiger partial charge in [0, 0.05) is 37.3 Å². The molecule has 1 saturated carbocycles. The van der Waals surface area contributed by atoms with E-state index in [1.54, 1.807) is 29.0 Å². The third kappa shape index (κ3) is 4.20.